The smallest absolute Gasteiger partial charge is 0.328 e. The molecule has 0 amide bonds. The summed E-state index contributed by atoms with van der Waals surface area (Å²) >= 11 is 0. The first kappa shape index (κ1) is 19.2. The predicted octanol–water partition coefficient (Wildman–Crippen LogP) is 6.03. The van der Waals surface area contributed by atoms with E-state index in [2.05, 4.69) is 52.8 Å². The zero-order valence-corrected chi connectivity index (χ0v) is 16.3. The van der Waals surface area contributed by atoms with Crippen molar-refractivity contribution in [1.29, 1.82) is 0 Å². The van der Waals surface area contributed by atoms with E-state index in [4.69, 9.17) is 5.11 Å². The quantitative estimate of drug-likeness (QED) is 0.538. The molecule has 134 valence electrons. The lowest BCUT2D eigenvalue weighted by atomic mass is 9.63. The van der Waals surface area contributed by atoms with Gasteiger partial charge in [-0.25, -0.2) is 4.79 Å². The zero-order valence-electron chi connectivity index (χ0n) is 16.3. The zero-order chi connectivity index (χ0) is 18.8. The lowest BCUT2D eigenvalue weighted by Crippen LogP contribution is -2.33. The maximum absolute atomic E-state index is 10.7. The van der Waals surface area contributed by atoms with Gasteiger partial charge in [-0.1, -0.05) is 64.1 Å². The van der Waals surface area contributed by atoms with Crippen LogP contribution in [-0.4, -0.2) is 11.1 Å². The van der Waals surface area contributed by atoms with E-state index in [1.54, 1.807) is 6.92 Å². The number of benzene rings is 1. The van der Waals surface area contributed by atoms with Crippen LogP contribution in [0.15, 0.2) is 48.1 Å². The molecular formula is C23H30O2. The predicted molar refractivity (Wildman–Crippen MR) is 106 cm³/mol. The van der Waals surface area contributed by atoms with Crippen LogP contribution in [0.3, 0.4) is 0 Å². The van der Waals surface area contributed by atoms with Crippen LogP contribution in [0, 0.1) is 0 Å². The summed E-state index contributed by atoms with van der Waals surface area (Å²) in [6.07, 6.45) is 9.42. The van der Waals surface area contributed by atoms with Crippen molar-refractivity contribution < 1.29 is 9.90 Å². The molecule has 0 unspecified atom stereocenters. The van der Waals surface area contributed by atoms with Crippen molar-refractivity contribution >= 4 is 11.5 Å². The minimum Gasteiger partial charge on any atom is -0.478 e. The highest BCUT2D eigenvalue weighted by Crippen LogP contribution is 2.46. The molecule has 25 heavy (non-hydrogen) atoms. The van der Waals surface area contributed by atoms with E-state index in [1.807, 2.05) is 18.2 Å². The van der Waals surface area contributed by atoms with E-state index in [0.717, 1.165) is 5.57 Å². The molecule has 0 bridgehead atoms. The third kappa shape index (κ3) is 4.50. The lowest BCUT2D eigenvalue weighted by molar-refractivity contribution is -0.131. The summed E-state index contributed by atoms with van der Waals surface area (Å²) in [4.78, 5) is 10.7. The molecule has 1 N–H and O–H groups in total. The summed E-state index contributed by atoms with van der Waals surface area (Å²) in [5, 5.41) is 8.75. The minimum atomic E-state index is -0.914. The second-order valence-corrected chi connectivity index (χ2v) is 8.46. The molecule has 0 aromatic heterocycles. The Balaban J connectivity index is 2.34. The Hall–Kier alpha value is -2.09. The van der Waals surface area contributed by atoms with Gasteiger partial charge in [-0.3, -0.25) is 0 Å². The summed E-state index contributed by atoms with van der Waals surface area (Å²) in [5.74, 6) is -0.914. The normalized spacial score (nSPS) is 19.8. The SMILES string of the molecule is CC(=CC=C/C(C)=C/C(=O)O)c1ccc2c(c1)C(C)(C)CCC2(C)C. The summed E-state index contributed by atoms with van der Waals surface area (Å²) in [7, 11) is 0. The second kappa shape index (κ2) is 7.03. The standard InChI is InChI=1S/C23H30O2/c1-16(14-21(24)25)8-7-9-17(2)18-10-11-19-20(15-18)23(5,6)13-12-22(19,3)4/h7-11,14-15H,12-13H2,1-6H3,(H,24,25)/b8-7?,16-14+,17-9?. The Morgan fingerprint density at radius 3 is 2.24 bits per heavy atom. The Bertz CT molecular complexity index is 758. The summed E-state index contributed by atoms with van der Waals surface area (Å²) in [6, 6.07) is 6.85. The van der Waals surface area contributed by atoms with Gasteiger partial charge < -0.3 is 5.11 Å². The van der Waals surface area contributed by atoms with Crippen molar-refractivity contribution in [1.82, 2.24) is 0 Å². The number of carboxylic acid groups (broad SMARTS) is 1. The first-order valence-corrected chi connectivity index (χ1v) is 8.94. The monoisotopic (exact) mass is 338 g/mol. The van der Waals surface area contributed by atoms with E-state index in [-0.39, 0.29) is 10.8 Å². The summed E-state index contributed by atoms with van der Waals surface area (Å²) in [5.41, 5.74) is 6.51. The van der Waals surface area contributed by atoms with Crippen LogP contribution < -0.4 is 0 Å². The van der Waals surface area contributed by atoms with E-state index in [9.17, 15) is 4.79 Å². The molecule has 1 aliphatic rings. The maximum atomic E-state index is 10.7. The van der Waals surface area contributed by atoms with Gasteiger partial charge in [0.2, 0.25) is 0 Å². The van der Waals surface area contributed by atoms with E-state index >= 15 is 0 Å². The maximum Gasteiger partial charge on any atom is 0.328 e. The highest BCUT2D eigenvalue weighted by Gasteiger charge is 2.36. The molecule has 2 heteroatoms. The van der Waals surface area contributed by atoms with Crippen LogP contribution in [0.25, 0.3) is 5.57 Å². The first-order valence-electron chi connectivity index (χ1n) is 8.94. The van der Waals surface area contributed by atoms with Crippen LogP contribution in [0.2, 0.25) is 0 Å². The largest absolute Gasteiger partial charge is 0.478 e. The van der Waals surface area contributed by atoms with Crippen molar-refractivity contribution in [3.63, 3.8) is 0 Å². The van der Waals surface area contributed by atoms with Gasteiger partial charge >= 0.3 is 5.97 Å². The fourth-order valence-electron chi connectivity index (χ4n) is 3.52. The number of carboxylic acids is 1. The van der Waals surface area contributed by atoms with Gasteiger partial charge in [0.05, 0.1) is 0 Å². The fraction of sp³-hybridized carbons (Fsp3) is 0.435. The topological polar surface area (TPSA) is 37.3 Å². The Labute approximate surface area is 152 Å². The molecular weight excluding hydrogens is 308 g/mol. The molecule has 0 heterocycles. The fourth-order valence-corrected chi connectivity index (χ4v) is 3.52. The van der Waals surface area contributed by atoms with E-state index in [0.29, 0.717) is 0 Å². The average molecular weight is 338 g/mol. The average Bonchev–Trinajstić information content (AvgIpc) is 2.51. The number of aliphatic carboxylic acids is 1. The van der Waals surface area contributed by atoms with Crippen LogP contribution >= 0.6 is 0 Å². The molecule has 0 saturated carbocycles. The summed E-state index contributed by atoms with van der Waals surface area (Å²) < 4.78 is 0. The number of carbonyl (C=O) groups is 1. The highest BCUT2D eigenvalue weighted by atomic mass is 16.4. The van der Waals surface area contributed by atoms with Crippen LogP contribution in [-0.2, 0) is 15.6 Å². The lowest BCUT2D eigenvalue weighted by Gasteiger charge is -2.42. The van der Waals surface area contributed by atoms with Crippen molar-refractivity contribution in [2.75, 3.05) is 0 Å². The van der Waals surface area contributed by atoms with Crippen LogP contribution in [0.5, 0.6) is 0 Å². The minimum absolute atomic E-state index is 0.206. The van der Waals surface area contributed by atoms with Crippen molar-refractivity contribution in [3.05, 3.63) is 64.8 Å². The Kier molecular flexibility index (Phi) is 5.41. The molecule has 0 saturated heterocycles. The van der Waals surface area contributed by atoms with E-state index < -0.39 is 5.97 Å². The van der Waals surface area contributed by atoms with Crippen molar-refractivity contribution in [3.8, 4) is 0 Å². The Morgan fingerprint density at radius 2 is 1.64 bits per heavy atom. The van der Waals surface area contributed by atoms with Gasteiger partial charge in [-0.2, -0.15) is 0 Å². The number of rotatable bonds is 4. The molecule has 2 rings (SSSR count). The molecule has 1 aromatic carbocycles. The van der Waals surface area contributed by atoms with Crippen molar-refractivity contribution in [2.45, 2.75) is 65.2 Å². The third-order valence-electron chi connectivity index (χ3n) is 5.36. The molecule has 0 radical (unpaired) electrons. The second-order valence-electron chi connectivity index (χ2n) is 8.46. The van der Waals surface area contributed by atoms with Crippen LogP contribution in [0.1, 0.15) is 71.1 Å². The molecule has 1 aromatic rings. The molecule has 0 spiro atoms. The number of hydrogen-bond donors (Lipinski definition) is 1. The van der Waals surface area contributed by atoms with Gasteiger partial charge in [0.25, 0.3) is 0 Å². The van der Waals surface area contributed by atoms with Gasteiger partial charge in [0.1, 0.15) is 0 Å². The first-order chi connectivity index (χ1) is 11.5. The number of fused-ring (bicyclic) bond motifs is 1. The van der Waals surface area contributed by atoms with Gasteiger partial charge in [-0.05, 0) is 65.4 Å². The number of allylic oxidation sites excluding steroid dienone is 5. The summed E-state index contributed by atoms with van der Waals surface area (Å²) in [6.45, 7) is 13.2. The van der Waals surface area contributed by atoms with Crippen molar-refractivity contribution in [2.24, 2.45) is 0 Å². The van der Waals surface area contributed by atoms with Crippen LogP contribution in [0.4, 0.5) is 0 Å². The third-order valence-corrected chi connectivity index (χ3v) is 5.36. The highest BCUT2D eigenvalue weighted by molar-refractivity contribution is 5.81. The molecule has 1 aliphatic carbocycles. The molecule has 0 aliphatic heterocycles. The number of hydrogen-bond acceptors (Lipinski definition) is 1. The van der Waals surface area contributed by atoms with E-state index in [1.165, 1.54) is 41.2 Å². The van der Waals surface area contributed by atoms with Gasteiger partial charge in [0, 0.05) is 6.08 Å². The molecule has 0 fully saturated rings. The molecule has 0 atom stereocenters. The molecule has 2 nitrogen and oxygen atoms in total. The van der Waals surface area contributed by atoms with Gasteiger partial charge in [-0.15, -0.1) is 0 Å². The van der Waals surface area contributed by atoms with Gasteiger partial charge in [0.15, 0.2) is 0 Å². The Morgan fingerprint density at radius 1 is 1.04 bits per heavy atom.